The van der Waals surface area contributed by atoms with Crippen LogP contribution in [0.25, 0.3) is 0 Å². The molecule has 0 saturated carbocycles. The van der Waals surface area contributed by atoms with Gasteiger partial charge in [-0.15, -0.1) is 6.58 Å². The summed E-state index contributed by atoms with van der Waals surface area (Å²) >= 11 is 0. The molecule has 0 aliphatic heterocycles. The zero-order valence-corrected chi connectivity index (χ0v) is 19.8. The summed E-state index contributed by atoms with van der Waals surface area (Å²) in [4.78, 5) is 13.7. The molecule has 0 aromatic carbocycles. The Labute approximate surface area is 168 Å². The highest BCUT2D eigenvalue weighted by Crippen LogP contribution is 2.55. The van der Waals surface area contributed by atoms with Crippen LogP contribution in [0.3, 0.4) is 0 Å². The molecule has 5 nitrogen and oxygen atoms in total. The van der Waals surface area contributed by atoms with Crippen molar-refractivity contribution >= 4 is 14.8 Å². The fraction of sp³-hybridized carbons (Fsp3) is 0.857. The van der Waals surface area contributed by atoms with Crippen molar-refractivity contribution in [2.45, 2.75) is 85.8 Å². The zero-order valence-electron chi connectivity index (χ0n) is 18.8. The summed E-state index contributed by atoms with van der Waals surface area (Å²) < 4.78 is 24.6. The molecular formula is C21H42O5Si. The minimum absolute atomic E-state index is 0.00284. The van der Waals surface area contributed by atoms with Gasteiger partial charge >= 0.3 is 14.8 Å². The summed E-state index contributed by atoms with van der Waals surface area (Å²) in [5.41, 5.74) is 0. The van der Waals surface area contributed by atoms with Crippen molar-refractivity contribution in [2.24, 2.45) is 11.8 Å². The summed E-state index contributed by atoms with van der Waals surface area (Å²) in [6.45, 7) is 21.1. The molecule has 0 saturated heterocycles. The maximum absolute atomic E-state index is 13.7. The van der Waals surface area contributed by atoms with Gasteiger partial charge in [-0.25, -0.2) is 0 Å². The lowest BCUT2D eigenvalue weighted by atomic mass is 9.77. The van der Waals surface area contributed by atoms with Crippen molar-refractivity contribution in [3.8, 4) is 0 Å². The van der Waals surface area contributed by atoms with E-state index in [2.05, 4.69) is 27.4 Å². The molecule has 27 heavy (non-hydrogen) atoms. The summed E-state index contributed by atoms with van der Waals surface area (Å²) in [6, 6.07) is 0. The van der Waals surface area contributed by atoms with Crippen molar-refractivity contribution < 1.29 is 22.8 Å². The summed E-state index contributed by atoms with van der Waals surface area (Å²) in [6.07, 6.45) is 3.78. The third kappa shape index (κ3) is 6.14. The van der Waals surface area contributed by atoms with Gasteiger partial charge < -0.3 is 18.0 Å². The Morgan fingerprint density at radius 3 is 1.78 bits per heavy atom. The number of carbonyl (C=O) groups is 1. The van der Waals surface area contributed by atoms with Crippen molar-refractivity contribution in [3.63, 3.8) is 0 Å². The van der Waals surface area contributed by atoms with Gasteiger partial charge in [-0.2, -0.15) is 0 Å². The Morgan fingerprint density at radius 1 is 1.00 bits per heavy atom. The molecule has 0 rings (SSSR count). The number of rotatable bonds is 15. The average Bonchev–Trinajstić information content (AvgIpc) is 2.57. The minimum atomic E-state index is -3.44. The monoisotopic (exact) mass is 402 g/mol. The topological polar surface area (TPSA) is 54.0 Å². The minimum Gasteiger partial charge on any atom is -0.463 e. The zero-order chi connectivity index (χ0) is 21.1. The van der Waals surface area contributed by atoms with E-state index in [1.807, 2.05) is 34.6 Å². The number of ether oxygens (including phenoxy) is 1. The Balaban J connectivity index is 6.83. The van der Waals surface area contributed by atoms with Gasteiger partial charge in [0.25, 0.3) is 0 Å². The van der Waals surface area contributed by atoms with Gasteiger partial charge in [0, 0.05) is 19.8 Å². The van der Waals surface area contributed by atoms with E-state index in [-0.39, 0.29) is 23.9 Å². The molecule has 2 unspecified atom stereocenters. The Bertz CT molecular complexity index is 421. The standard InChI is InChI=1S/C21H42O5Si/c1-10-15-19(17(6)7)21(16-11-2,20(22)26-18(8)9)27(23-12-3,24-13-4)25-14-5/h11,17-19H,2,10,12-16H2,1,3-9H3. The Hall–Kier alpha value is -0.693. The molecule has 0 amide bonds. The first kappa shape index (κ1) is 26.3. The maximum Gasteiger partial charge on any atom is 0.519 e. The molecule has 0 radical (unpaired) electrons. The highest BCUT2D eigenvalue weighted by molar-refractivity contribution is 6.68. The van der Waals surface area contributed by atoms with Crippen LogP contribution in [0.1, 0.15) is 74.7 Å². The summed E-state index contributed by atoms with van der Waals surface area (Å²) in [7, 11) is -3.44. The highest BCUT2D eigenvalue weighted by atomic mass is 28.4. The van der Waals surface area contributed by atoms with Crippen LogP contribution in [0.15, 0.2) is 12.7 Å². The largest absolute Gasteiger partial charge is 0.519 e. The van der Waals surface area contributed by atoms with Gasteiger partial charge in [0.1, 0.15) is 5.04 Å². The third-order valence-corrected chi connectivity index (χ3v) is 8.64. The number of carbonyl (C=O) groups excluding carboxylic acids is 1. The van der Waals surface area contributed by atoms with Crippen LogP contribution in [-0.2, 0) is 22.8 Å². The van der Waals surface area contributed by atoms with E-state index in [0.29, 0.717) is 26.2 Å². The number of hydrogen-bond donors (Lipinski definition) is 0. The molecule has 0 fully saturated rings. The molecule has 0 N–H and O–H groups in total. The fourth-order valence-corrected chi connectivity index (χ4v) is 7.75. The number of allylic oxidation sites excluding steroid dienone is 1. The van der Waals surface area contributed by atoms with E-state index in [0.717, 1.165) is 12.8 Å². The van der Waals surface area contributed by atoms with Gasteiger partial charge in [-0.05, 0) is 59.3 Å². The van der Waals surface area contributed by atoms with Crippen LogP contribution in [-0.4, -0.2) is 40.7 Å². The van der Waals surface area contributed by atoms with Crippen molar-refractivity contribution in [2.75, 3.05) is 19.8 Å². The first-order valence-electron chi connectivity index (χ1n) is 10.5. The summed E-state index contributed by atoms with van der Waals surface area (Å²) in [5.74, 6) is -0.0486. The van der Waals surface area contributed by atoms with Crippen molar-refractivity contribution in [1.82, 2.24) is 0 Å². The third-order valence-electron chi connectivity index (χ3n) is 4.76. The van der Waals surface area contributed by atoms with Crippen LogP contribution in [0, 0.1) is 11.8 Å². The molecule has 0 spiro atoms. The van der Waals surface area contributed by atoms with Gasteiger partial charge in [0.05, 0.1) is 6.10 Å². The molecule has 0 heterocycles. The normalized spacial score (nSPS) is 15.6. The fourth-order valence-electron chi connectivity index (χ4n) is 3.95. The smallest absolute Gasteiger partial charge is 0.463 e. The lowest BCUT2D eigenvalue weighted by Crippen LogP contribution is -2.63. The van der Waals surface area contributed by atoms with E-state index in [4.69, 9.17) is 18.0 Å². The first-order chi connectivity index (χ1) is 12.7. The van der Waals surface area contributed by atoms with Crippen LogP contribution >= 0.6 is 0 Å². The first-order valence-corrected chi connectivity index (χ1v) is 12.2. The number of hydrogen-bond acceptors (Lipinski definition) is 5. The van der Waals surface area contributed by atoms with Gasteiger partial charge in [0.2, 0.25) is 0 Å². The Kier molecular flexibility index (Phi) is 12.4. The quantitative estimate of drug-likeness (QED) is 0.209. The SMILES string of the molecule is C=CCC(C(=O)OC(C)C)(C(CCC)C(C)C)[Si](OCC)(OCC)OCC. The molecule has 6 heteroatoms. The van der Waals surface area contributed by atoms with E-state index in [1.54, 1.807) is 6.08 Å². The lowest BCUT2D eigenvalue weighted by Gasteiger charge is -2.48. The van der Waals surface area contributed by atoms with E-state index in [9.17, 15) is 4.79 Å². The van der Waals surface area contributed by atoms with E-state index < -0.39 is 13.8 Å². The van der Waals surface area contributed by atoms with Crippen LogP contribution in [0.2, 0.25) is 5.04 Å². The number of esters is 1. The molecule has 2 atom stereocenters. The van der Waals surface area contributed by atoms with E-state index >= 15 is 0 Å². The molecule has 0 aromatic rings. The predicted octanol–water partition coefficient (Wildman–Crippen LogP) is 5.38. The average molecular weight is 403 g/mol. The molecule has 0 bridgehead atoms. The van der Waals surface area contributed by atoms with Crippen molar-refractivity contribution in [1.29, 1.82) is 0 Å². The predicted molar refractivity (Wildman–Crippen MR) is 113 cm³/mol. The second kappa shape index (κ2) is 12.7. The van der Waals surface area contributed by atoms with Crippen molar-refractivity contribution in [3.05, 3.63) is 12.7 Å². The summed E-state index contributed by atoms with van der Waals surface area (Å²) in [5, 5.41) is -1.01. The molecule has 0 aromatic heterocycles. The van der Waals surface area contributed by atoms with Crippen LogP contribution in [0.5, 0.6) is 0 Å². The molecule has 0 aliphatic rings. The second-order valence-corrected chi connectivity index (χ2v) is 10.3. The van der Waals surface area contributed by atoms with Gasteiger partial charge in [-0.1, -0.05) is 33.3 Å². The second-order valence-electron chi connectivity index (χ2n) is 7.41. The highest BCUT2D eigenvalue weighted by Gasteiger charge is 2.69. The van der Waals surface area contributed by atoms with Crippen LogP contribution < -0.4 is 0 Å². The Morgan fingerprint density at radius 2 is 1.48 bits per heavy atom. The maximum atomic E-state index is 13.7. The molecular weight excluding hydrogens is 360 g/mol. The lowest BCUT2D eigenvalue weighted by molar-refractivity contribution is -0.158. The molecule has 0 aliphatic carbocycles. The van der Waals surface area contributed by atoms with Gasteiger partial charge in [-0.3, -0.25) is 4.79 Å². The van der Waals surface area contributed by atoms with Gasteiger partial charge in [0.15, 0.2) is 0 Å². The van der Waals surface area contributed by atoms with Crippen LogP contribution in [0.4, 0.5) is 0 Å². The van der Waals surface area contributed by atoms with E-state index in [1.165, 1.54) is 0 Å². The molecule has 160 valence electrons.